The summed E-state index contributed by atoms with van der Waals surface area (Å²) in [6, 6.07) is 1.44. The largest absolute Gasteiger partial charge is 0.382 e. The van der Waals surface area contributed by atoms with Gasteiger partial charge in [-0.2, -0.15) is 0 Å². The zero-order valence-corrected chi connectivity index (χ0v) is 12.6. The predicted octanol–water partition coefficient (Wildman–Crippen LogP) is 2.66. The van der Waals surface area contributed by atoms with Crippen LogP contribution in [-0.4, -0.2) is 49.8 Å². The lowest BCUT2D eigenvalue weighted by Gasteiger charge is -2.40. The van der Waals surface area contributed by atoms with Crippen molar-refractivity contribution in [2.45, 2.75) is 65.0 Å². The minimum absolute atomic E-state index is 0.704. The van der Waals surface area contributed by atoms with Gasteiger partial charge in [-0.15, -0.1) is 0 Å². The number of ether oxygens (including phenoxy) is 1. The Balaban J connectivity index is 2.34. The molecular formula is C15H32N2O. The average Bonchev–Trinajstić information content (AvgIpc) is 2.38. The molecule has 0 aromatic heterocycles. The summed E-state index contributed by atoms with van der Waals surface area (Å²) in [5, 5.41) is 3.71. The Kier molecular flexibility index (Phi) is 8.64. The molecular weight excluding hydrogens is 224 g/mol. The van der Waals surface area contributed by atoms with E-state index in [-0.39, 0.29) is 0 Å². The van der Waals surface area contributed by atoms with Gasteiger partial charge in [0.05, 0.1) is 0 Å². The Labute approximate surface area is 113 Å². The normalized spacial score (nSPS) is 25.5. The van der Waals surface area contributed by atoms with E-state index in [1.807, 2.05) is 0 Å². The molecule has 0 saturated carbocycles. The molecule has 2 atom stereocenters. The van der Waals surface area contributed by atoms with Crippen molar-refractivity contribution in [2.24, 2.45) is 0 Å². The van der Waals surface area contributed by atoms with Gasteiger partial charge < -0.3 is 10.1 Å². The summed E-state index contributed by atoms with van der Waals surface area (Å²) in [4.78, 5) is 2.69. The van der Waals surface area contributed by atoms with E-state index in [4.69, 9.17) is 4.74 Å². The predicted molar refractivity (Wildman–Crippen MR) is 78.1 cm³/mol. The Morgan fingerprint density at radius 1 is 1.17 bits per heavy atom. The molecule has 0 aromatic rings. The molecule has 1 saturated heterocycles. The molecule has 0 aromatic carbocycles. The SMILES string of the molecule is CCCC1CN(CCCOCC)C(CCC)CN1. The summed E-state index contributed by atoms with van der Waals surface area (Å²) < 4.78 is 5.45. The first-order valence-electron chi connectivity index (χ1n) is 7.86. The average molecular weight is 256 g/mol. The molecule has 1 fully saturated rings. The number of piperazine rings is 1. The summed E-state index contributed by atoms with van der Waals surface area (Å²) in [6.07, 6.45) is 6.36. The summed E-state index contributed by atoms with van der Waals surface area (Å²) in [5.74, 6) is 0. The fourth-order valence-corrected chi connectivity index (χ4v) is 2.88. The van der Waals surface area contributed by atoms with Gasteiger partial charge in [0, 0.05) is 44.9 Å². The third kappa shape index (κ3) is 5.68. The zero-order valence-electron chi connectivity index (χ0n) is 12.6. The Morgan fingerprint density at radius 2 is 1.94 bits per heavy atom. The fraction of sp³-hybridized carbons (Fsp3) is 1.00. The topological polar surface area (TPSA) is 24.5 Å². The van der Waals surface area contributed by atoms with Crippen LogP contribution in [0.25, 0.3) is 0 Å². The molecule has 18 heavy (non-hydrogen) atoms. The molecule has 2 unspecified atom stereocenters. The van der Waals surface area contributed by atoms with Crippen LogP contribution in [0.3, 0.4) is 0 Å². The molecule has 0 spiro atoms. The van der Waals surface area contributed by atoms with Crippen LogP contribution in [-0.2, 0) is 4.74 Å². The highest BCUT2D eigenvalue weighted by atomic mass is 16.5. The van der Waals surface area contributed by atoms with E-state index < -0.39 is 0 Å². The lowest BCUT2D eigenvalue weighted by molar-refractivity contribution is 0.0915. The number of hydrogen-bond donors (Lipinski definition) is 1. The van der Waals surface area contributed by atoms with Gasteiger partial charge in [-0.1, -0.05) is 26.7 Å². The molecule has 0 aliphatic carbocycles. The first kappa shape index (κ1) is 15.9. The van der Waals surface area contributed by atoms with E-state index in [1.54, 1.807) is 0 Å². The van der Waals surface area contributed by atoms with Gasteiger partial charge in [0.2, 0.25) is 0 Å². The number of nitrogens with zero attached hydrogens (tertiary/aromatic N) is 1. The lowest BCUT2D eigenvalue weighted by atomic mass is 10.0. The number of rotatable bonds is 9. The van der Waals surface area contributed by atoms with Crippen LogP contribution in [0.1, 0.15) is 52.9 Å². The van der Waals surface area contributed by atoms with E-state index in [9.17, 15) is 0 Å². The van der Waals surface area contributed by atoms with Gasteiger partial charge >= 0.3 is 0 Å². The highest BCUT2D eigenvalue weighted by molar-refractivity contribution is 4.85. The highest BCUT2D eigenvalue weighted by Gasteiger charge is 2.26. The van der Waals surface area contributed by atoms with Crippen molar-refractivity contribution in [3.05, 3.63) is 0 Å². The summed E-state index contributed by atoms with van der Waals surface area (Å²) >= 11 is 0. The van der Waals surface area contributed by atoms with Gasteiger partial charge in [0.1, 0.15) is 0 Å². The first-order chi connectivity index (χ1) is 8.81. The van der Waals surface area contributed by atoms with E-state index in [0.29, 0.717) is 6.04 Å². The smallest absolute Gasteiger partial charge is 0.0478 e. The summed E-state index contributed by atoms with van der Waals surface area (Å²) in [7, 11) is 0. The molecule has 1 N–H and O–H groups in total. The van der Waals surface area contributed by atoms with Gasteiger partial charge in [-0.25, -0.2) is 0 Å². The van der Waals surface area contributed by atoms with Crippen LogP contribution in [0, 0.1) is 0 Å². The second-order valence-electron chi connectivity index (χ2n) is 5.38. The van der Waals surface area contributed by atoms with Crippen LogP contribution in [0.15, 0.2) is 0 Å². The van der Waals surface area contributed by atoms with E-state index in [1.165, 1.54) is 51.7 Å². The second kappa shape index (κ2) is 9.76. The molecule has 0 amide bonds. The standard InChI is InChI=1S/C15H32N2O/c1-4-8-14-13-17(10-7-11-18-6-3)15(9-5-2)12-16-14/h14-16H,4-13H2,1-3H3. The van der Waals surface area contributed by atoms with Crippen molar-refractivity contribution in [1.82, 2.24) is 10.2 Å². The third-order valence-electron chi connectivity index (χ3n) is 3.81. The molecule has 3 heteroatoms. The van der Waals surface area contributed by atoms with Crippen LogP contribution in [0.2, 0.25) is 0 Å². The quantitative estimate of drug-likeness (QED) is 0.642. The van der Waals surface area contributed by atoms with Gasteiger partial charge in [0.15, 0.2) is 0 Å². The first-order valence-corrected chi connectivity index (χ1v) is 7.86. The van der Waals surface area contributed by atoms with E-state index in [0.717, 1.165) is 19.3 Å². The minimum Gasteiger partial charge on any atom is -0.382 e. The monoisotopic (exact) mass is 256 g/mol. The molecule has 1 aliphatic rings. The van der Waals surface area contributed by atoms with Gasteiger partial charge in [-0.3, -0.25) is 4.90 Å². The Morgan fingerprint density at radius 3 is 2.61 bits per heavy atom. The van der Waals surface area contributed by atoms with Crippen LogP contribution >= 0.6 is 0 Å². The summed E-state index contributed by atoms with van der Waals surface area (Å²) in [6.45, 7) is 12.0. The highest BCUT2D eigenvalue weighted by Crippen LogP contribution is 2.15. The molecule has 1 heterocycles. The van der Waals surface area contributed by atoms with E-state index >= 15 is 0 Å². The van der Waals surface area contributed by atoms with Crippen molar-refractivity contribution in [3.8, 4) is 0 Å². The van der Waals surface area contributed by atoms with Gasteiger partial charge in [0.25, 0.3) is 0 Å². The zero-order chi connectivity index (χ0) is 13.2. The van der Waals surface area contributed by atoms with E-state index in [2.05, 4.69) is 31.0 Å². The Hall–Kier alpha value is -0.120. The summed E-state index contributed by atoms with van der Waals surface area (Å²) in [5.41, 5.74) is 0. The maximum absolute atomic E-state index is 5.45. The van der Waals surface area contributed by atoms with Crippen molar-refractivity contribution < 1.29 is 4.74 Å². The minimum atomic E-state index is 0.704. The lowest BCUT2D eigenvalue weighted by Crippen LogP contribution is -2.56. The second-order valence-corrected chi connectivity index (χ2v) is 5.38. The van der Waals surface area contributed by atoms with Crippen molar-refractivity contribution >= 4 is 0 Å². The molecule has 108 valence electrons. The fourth-order valence-electron chi connectivity index (χ4n) is 2.88. The maximum atomic E-state index is 5.45. The van der Waals surface area contributed by atoms with Crippen LogP contribution in [0.4, 0.5) is 0 Å². The number of hydrogen-bond acceptors (Lipinski definition) is 3. The molecule has 1 aliphatic heterocycles. The molecule has 0 radical (unpaired) electrons. The van der Waals surface area contributed by atoms with Crippen LogP contribution < -0.4 is 5.32 Å². The third-order valence-corrected chi connectivity index (χ3v) is 3.81. The molecule has 0 bridgehead atoms. The Bertz CT molecular complexity index is 199. The maximum Gasteiger partial charge on any atom is 0.0478 e. The van der Waals surface area contributed by atoms with Gasteiger partial charge in [-0.05, 0) is 26.2 Å². The molecule has 3 nitrogen and oxygen atoms in total. The van der Waals surface area contributed by atoms with Crippen molar-refractivity contribution in [1.29, 1.82) is 0 Å². The van der Waals surface area contributed by atoms with Crippen LogP contribution in [0.5, 0.6) is 0 Å². The van der Waals surface area contributed by atoms with Crippen molar-refractivity contribution in [2.75, 3.05) is 32.8 Å². The molecule has 1 rings (SSSR count). The van der Waals surface area contributed by atoms with Crippen molar-refractivity contribution in [3.63, 3.8) is 0 Å². The number of nitrogens with one attached hydrogen (secondary N) is 1.